The fourth-order valence-electron chi connectivity index (χ4n) is 3.09. The highest BCUT2D eigenvalue weighted by Gasteiger charge is 2.33. The molecule has 134 valence electrons. The van der Waals surface area contributed by atoms with E-state index in [0.717, 1.165) is 16.6 Å². The molecule has 0 bridgehead atoms. The van der Waals surface area contributed by atoms with Crippen molar-refractivity contribution in [3.05, 3.63) is 47.9 Å². The first-order chi connectivity index (χ1) is 12.6. The van der Waals surface area contributed by atoms with E-state index in [0.29, 0.717) is 18.7 Å². The number of carbonyl (C=O) groups is 1. The van der Waals surface area contributed by atoms with Crippen LogP contribution in [-0.2, 0) is 4.74 Å². The van der Waals surface area contributed by atoms with Crippen molar-refractivity contribution >= 4 is 16.8 Å². The van der Waals surface area contributed by atoms with Gasteiger partial charge in [0.1, 0.15) is 5.60 Å². The summed E-state index contributed by atoms with van der Waals surface area (Å²) in [5, 5.41) is 22.1. The number of hydrogen-bond donors (Lipinski definition) is 2. The van der Waals surface area contributed by atoms with Crippen molar-refractivity contribution in [1.82, 2.24) is 25.3 Å². The average molecular weight is 353 g/mol. The number of hydrogen-bond acceptors (Lipinski definition) is 6. The second-order valence-electron chi connectivity index (χ2n) is 6.50. The topological polar surface area (TPSA) is 102 Å². The largest absolute Gasteiger partial charge is 0.386 e. The molecule has 1 unspecified atom stereocenters. The minimum absolute atomic E-state index is 0.119. The minimum atomic E-state index is -1.01. The van der Waals surface area contributed by atoms with E-state index in [4.69, 9.17) is 4.74 Å². The van der Waals surface area contributed by atoms with Crippen LogP contribution in [0.3, 0.4) is 0 Å². The Morgan fingerprint density at radius 3 is 3.04 bits per heavy atom. The molecule has 0 radical (unpaired) electrons. The maximum Gasteiger partial charge on any atom is 0.273 e. The van der Waals surface area contributed by atoms with Crippen molar-refractivity contribution in [2.75, 3.05) is 19.8 Å². The fraction of sp³-hybridized carbons (Fsp3) is 0.333. The van der Waals surface area contributed by atoms with Crippen LogP contribution in [0.1, 0.15) is 22.6 Å². The Balaban J connectivity index is 1.61. The van der Waals surface area contributed by atoms with Gasteiger partial charge in [0.25, 0.3) is 5.91 Å². The summed E-state index contributed by atoms with van der Waals surface area (Å²) in [5.41, 5.74) is 1.36. The predicted octanol–water partition coefficient (Wildman–Crippen LogP) is 1.01. The number of ether oxygens (including phenoxy) is 1. The second-order valence-corrected chi connectivity index (χ2v) is 6.50. The number of pyridine rings is 1. The zero-order valence-electron chi connectivity index (χ0n) is 14.3. The monoisotopic (exact) mass is 353 g/mol. The van der Waals surface area contributed by atoms with E-state index in [2.05, 4.69) is 20.6 Å². The van der Waals surface area contributed by atoms with Crippen LogP contribution in [-0.4, -0.2) is 56.4 Å². The Labute approximate surface area is 149 Å². The molecule has 0 saturated carbocycles. The number of aliphatic hydroxyl groups is 1. The highest BCUT2D eigenvalue weighted by Crippen LogP contribution is 2.21. The fourth-order valence-corrected chi connectivity index (χ4v) is 3.09. The number of rotatable bonds is 4. The second kappa shape index (κ2) is 6.47. The van der Waals surface area contributed by atoms with E-state index in [1.54, 1.807) is 17.8 Å². The van der Waals surface area contributed by atoms with Crippen molar-refractivity contribution < 1.29 is 14.6 Å². The quantitative estimate of drug-likeness (QED) is 0.726. The van der Waals surface area contributed by atoms with Crippen LogP contribution in [0.4, 0.5) is 0 Å². The standard InChI is InChI=1S/C18H19N5O3/c1-12-15(17(24)20-10-18(25)7-9-26-11-18)21-22-23(12)14-6-2-4-13-5-3-8-19-16(13)14/h2-6,8,25H,7,9-11H2,1H3,(H,20,24). The summed E-state index contributed by atoms with van der Waals surface area (Å²) in [4.78, 5) is 16.9. The summed E-state index contributed by atoms with van der Waals surface area (Å²) in [6.45, 7) is 2.62. The van der Waals surface area contributed by atoms with Gasteiger partial charge in [0.05, 0.1) is 23.5 Å². The van der Waals surface area contributed by atoms with E-state index < -0.39 is 5.60 Å². The first-order valence-electron chi connectivity index (χ1n) is 8.42. The molecule has 1 atom stereocenters. The average Bonchev–Trinajstić information content (AvgIpc) is 3.26. The van der Waals surface area contributed by atoms with Crippen LogP contribution in [0, 0.1) is 6.92 Å². The van der Waals surface area contributed by atoms with E-state index >= 15 is 0 Å². The maximum atomic E-state index is 12.5. The van der Waals surface area contributed by atoms with Crippen LogP contribution in [0.15, 0.2) is 36.5 Å². The van der Waals surface area contributed by atoms with Crippen LogP contribution in [0.5, 0.6) is 0 Å². The lowest BCUT2D eigenvalue weighted by Crippen LogP contribution is -2.43. The van der Waals surface area contributed by atoms with E-state index in [-0.39, 0.29) is 24.8 Å². The zero-order valence-corrected chi connectivity index (χ0v) is 14.3. The SMILES string of the molecule is Cc1c(C(=O)NCC2(O)CCOC2)nnn1-c1cccc2cccnc12. The summed E-state index contributed by atoms with van der Waals surface area (Å²) in [5.74, 6) is -0.373. The van der Waals surface area contributed by atoms with Gasteiger partial charge in [0.2, 0.25) is 0 Å². The normalized spacial score (nSPS) is 19.8. The Kier molecular flexibility index (Phi) is 4.14. The molecule has 8 heteroatoms. The van der Waals surface area contributed by atoms with Gasteiger partial charge in [-0.15, -0.1) is 5.10 Å². The maximum absolute atomic E-state index is 12.5. The molecular formula is C18H19N5O3. The summed E-state index contributed by atoms with van der Waals surface area (Å²) in [6.07, 6.45) is 2.22. The first kappa shape index (κ1) is 16.6. The number of carbonyl (C=O) groups excluding carboxylic acids is 1. The minimum Gasteiger partial charge on any atom is -0.386 e. The number of amides is 1. The summed E-state index contributed by atoms with van der Waals surface area (Å²) >= 11 is 0. The van der Waals surface area contributed by atoms with Crippen molar-refractivity contribution in [2.24, 2.45) is 0 Å². The van der Waals surface area contributed by atoms with Gasteiger partial charge in [-0.25, -0.2) is 4.68 Å². The Bertz CT molecular complexity index is 957. The van der Waals surface area contributed by atoms with Gasteiger partial charge >= 0.3 is 0 Å². The van der Waals surface area contributed by atoms with Crippen LogP contribution in [0.25, 0.3) is 16.6 Å². The molecule has 1 amide bonds. The lowest BCUT2D eigenvalue weighted by Gasteiger charge is -2.20. The summed E-state index contributed by atoms with van der Waals surface area (Å²) in [7, 11) is 0. The van der Waals surface area contributed by atoms with Crippen molar-refractivity contribution in [3.8, 4) is 5.69 Å². The molecule has 1 aromatic carbocycles. The van der Waals surface area contributed by atoms with E-state index in [1.165, 1.54) is 0 Å². The lowest BCUT2D eigenvalue weighted by atomic mass is 10.0. The molecule has 26 heavy (non-hydrogen) atoms. The molecule has 3 aromatic rings. The molecular weight excluding hydrogens is 334 g/mol. The molecule has 1 aliphatic rings. The number of fused-ring (bicyclic) bond motifs is 1. The molecule has 8 nitrogen and oxygen atoms in total. The van der Waals surface area contributed by atoms with Crippen LogP contribution in [0.2, 0.25) is 0 Å². The summed E-state index contributed by atoms with van der Waals surface area (Å²) in [6, 6.07) is 9.61. The molecule has 0 aliphatic carbocycles. The van der Waals surface area contributed by atoms with Crippen molar-refractivity contribution in [3.63, 3.8) is 0 Å². The first-order valence-corrected chi connectivity index (χ1v) is 8.42. The van der Waals surface area contributed by atoms with Crippen LogP contribution < -0.4 is 5.32 Å². The van der Waals surface area contributed by atoms with Gasteiger partial charge in [0.15, 0.2) is 5.69 Å². The van der Waals surface area contributed by atoms with Gasteiger partial charge in [0, 0.05) is 31.2 Å². The number of benzene rings is 1. The van der Waals surface area contributed by atoms with Crippen LogP contribution >= 0.6 is 0 Å². The third kappa shape index (κ3) is 2.93. The number of nitrogens with zero attached hydrogens (tertiary/aromatic N) is 4. The van der Waals surface area contributed by atoms with Gasteiger partial charge in [-0.2, -0.15) is 0 Å². The third-order valence-corrected chi connectivity index (χ3v) is 4.61. The number of nitrogens with one attached hydrogen (secondary N) is 1. The predicted molar refractivity (Wildman–Crippen MR) is 94.1 cm³/mol. The number of para-hydroxylation sites is 1. The van der Waals surface area contributed by atoms with Crippen molar-refractivity contribution in [1.29, 1.82) is 0 Å². The Hall–Kier alpha value is -2.84. The molecule has 2 aromatic heterocycles. The molecule has 0 spiro atoms. The zero-order chi connectivity index (χ0) is 18.1. The Morgan fingerprint density at radius 2 is 2.23 bits per heavy atom. The van der Waals surface area contributed by atoms with Gasteiger partial charge in [-0.1, -0.05) is 23.4 Å². The number of aromatic nitrogens is 4. The Morgan fingerprint density at radius 1 is 1.38 bits per heavy atom. The smallest absolute Gasteiger partial charge is 0.273 e. The molecule has 1 saturated heterocycles. The van der Waals surface area contributed by atoms with Crippen molar-refractivity contribution in [2.45, 2.75) is 18.9 Å². The molecule has 1 aliphatic heterocycles. The molecule has 4 rings (SSSR count). The van der Waals surface area contributed by atoms with Gasteiger partial charge in [-0.05, 0) is 19.1 Å². The molecule has 1 fully saturated rings. The van der Waals surface area contributed by atoms with Gasteiger partial charge < -0.3 is 15.2 Å². The summed E-state index contributed by atoms with van der Waals surface area (Å²) < 4.78 is 6.79. The highest BCUT2D eigenvalue weighted by molar-refractivity contribution is 5.93. The highest BCUT2D eigenvalue weighted by atomic mass is 16.5. The molecule has 3 heterocycles. The lowest BCUT2D eigenvalue weighted by molar-refractivity contribution is 0.0264. The van der Waals surface area contributed by atoms with E-state index in [9.17, 15) is 9.90 Å². The molecule has 2 N–H and O–H groups in total. The van der Waals surface area contributed by atoms with E-state index in [1.807, 2.05) is 30.3 Å². The van der Waals surface area contributed by atoms with Gasteiger partial charge in [-0.3, -0.25) is 9.78 Å². The third-order valence-electron chi connectivity index (χ3n) is 4.61.